The Labute approximate surface area is 66.0 Å². The van der Waals surface area contributed by atoms with Crippen molar-refractivity contribution in [2.45, 2.75) is 0 Å². The molecule has 1 rings (SSSR count). The van der Waals surface area contributed by atoms with Crippen molar-refractivity contribution in [1.29, 1.82) is 0 Å². The van der Waals surface area contributed by atoms with Crippen molar-refractivity contribution in [3.8, 4) is 0 Å². The van der Waals surface area contributed by atoms with Gasteiger partial charge < -0.3 is 0 Å². The molecule has 4 heteroatoms. The van der Waals surface area contributed by atoms with Gasteiger partial charge in [0.05, 0.1) is 0 Å². The molecule has 0 aliphatic carbocycles. The molecule has 1 aromatic heterocycles. The minimum absolute atomic E-state index is 0.217. The van der Waals surface area contributed by atoms with E-state index in [0.717, 1.165) is 4.73 Å². The zero-order valence-electron chi connectivity index (χ0n) is 4.99. The number of aromatic nitrogens is 1. The Balaban J connectivity index is 3.27. The second kappa shape index (κ2) is 2.79. The van der Waals surface area contributed by atoms with Crippen molar-refractivity contribution in [2.24, 2.45) is 0 Å². The van der Waals surface area contributed by atoms with Crippen molar-refractivity contribution in [1.82, 2.24) is 0 Å². The van der Waals surface area contributed by atoms with Crippen LogP contribution in [0.5, 0.6) is 0 Å². The summed E-state index contributed by atoms with van der Waals surface area (Å²) < 4.78 is 1.23. The highest BCUT2D eigenvalue weighted by Gasteiger charge is 2.11. The summed E-state index contributed by atoms with van der Waals surface area (Å²) in [5.74, 6) is 0. The second-order valence-corrected chi connectivity index (χ2v) is 2.52. The molecule has 0 aliphatic heterocycles. The first kappa shape index (κ1) is 7.21. The van der Waals surface area contributed by atoms with Gasteiger partial charge in [-0.25, -0.2) is 0 Å². The Hall–Kier alpha value is -0.900. The second-order valence-electron chi connectivity index (χ2n) is 1.70. The van der Waals surface area contributed by atoms with Crippen LogP contribution < -0.4 is 4.73 Å². The highest BCUT2D eigenvalue weighted by Crippen LogP contribution is 2.01. The Morgan fingerprint density at radius 3 is 2.80 bits per heavy atom. The topological polar surface area (TPSA) is 41.2 Å². The van der Waals surface area contributed by atoms with Gasteiger partial charge in [0.2, 0.25) is 6.29 Å². The fourth-order valence-electron chi connectivity index (χ4n) is 0.580. The molecule has 0 amide bonds. The summed E-state index contributed by atoms with van der Waals surface area (Å²) in [5.41, 5.74) is 0.217. The molecule has 52 valence electrons. The zero-order valence-corrected chi connectivity index (χ0v) is 6.58. The van der Waals surface area contributed by atoms with Crippen LogP contribution in [-0.2, 0) is 0 Å². The number of hydrogen-bond acceptors (Lipinski definition) is 2. The maximum Gasteiger partial charge on any atom is 0.299 e. The van der Waals surface area contributed by atoms with Gasteiger partial charge in [-0.2, -0.15) is 0 Å². The maximum absolute atomic E-state index is 10.2. The number of carbonyl (C=O) groups is 1. The first-order valence-corrected chi connectivity index (χ1v) is 3.40. The molecule has 3 nitrogen and oxygen atoms in total. The average molecular weight is 203 g/mol. The van der Waals surface area contributed by atoms with Gasteiger partial charge in [-0.05, 0) is 6.07 Å². The third kappa shape index (κ3) is 1.16. The lowest BCUT2D eigenvalue weighted by Crippen LogP contribution is -2.36. The molecular weight excluding hydrogens is 198 g/mol. The van der Waals surface area contributed by atoms with Crippen molar-refractivity contribution in [3.63, 3.8) is 0 Å². The number of aldehydes is 1. The van der Waals surface area contributed by atoms with Gasteiger partial charge in [-0.1, -0.05) is 0 Å². The van der Waals surface area contributed by atoms with Crippen LogP contribution in [0, 0.1) is 0 Å². The first-order chi connectivity index (χ1) is 4.75. The summed E-state index contributed by atoms with van der Waals surface area (Å²) in [7, 11) is 0. The van der Waals surface area contributed by atoms with E-state index < -0.39 is 0 Å². The van der Waals surface area contributed by atoms with Crippen LogP contribution in [0.25, 0.3) is 0 Å². The van der Waals surface area contributed by atoms with Crippen molar-refractivity contribution in [3.05, 3.63) is 28.5 Å². The fourth-order valence-corrected chi connectivity index (χ4v) is 0.937. The quantitative estimate of drug-likeness (QED) is 0.317. The average Bonchev–Trinajstić information content (AvgIpc) is 1.95. The van der Waals surface area contributed by atoms with Crippen molar-refractivity contribution >= 4 is 22.2 Å². The van der Waals surface area contributed by atoms with Crippen LogP contribution in [0.15, 0.2) is 22.8 Å². The summed E-state index contributed by atoms with van der Waals surface area (Å²) in [6.45, 7) is 0. The summed E-state index contributed by atoms with van der Waals surface area (Å²) in [5, 5.41) is 9.04. The van der Waals surface area contributed by atoms with Gasteiger partial charge in [-0.3, -0.25) is 10.0 Å². The van der Waals surface area contributed by atoms with Crippen LogP contribution in [0.4, 0.5) is 0 Å². The minimum Gasteiger partial charge on any atom is -0.291 e. The predicted molar refractivity (Wildman–Crippen MR) is 36.9 cm³/mol. The lowest BCUT2D eigenvalue weighted by atomic mass is 10.4. The van der Waals surface area contributed by atoms with E-state index in [-0.39, 0.29) is 5.69 Å². The lowest BCUT2D eigenvalue weighted by Gasteiger charge is -1.87. The van der Waals surface area contributed by atoms with Gasteiger partial charge in [-0.15, -0.1) is 0 Å². The number of nitrogens with zero attached hydrogens (tertiary/aromatic N) is 1. The molecule has 1 aromatic rings. The summed E-state index contributed by atoms with van der Waals surface area (Å²) in [6.07, 6.45) is 0.574. The number of pyridine rings is 1. The van der Waals surface area contributed by atoms with E-state index in [2.05, 4.69) is 15.9 Å². The van der Waals surface area contributed by atoms with E-state index in [1.165, 1.54) is 6.07 Å². The normalized spacial score (nSPS) is 9.30. The van der Waals surface area contributed by atoms with E-state index >= 15 is 0 Å². The molecule has 0 aromatic carbocycles. The third-order valence-corrected chi connectivity index (χ3v) is 1.67. The van der Waals surface area contributed by atoms with Gasteiger partial charge >= 0.3 is 0 Å². The lowest BCUT2D eigenvalue weighted by molar-refractivity contribution is -0.913. The minimum atomic E-state index is 0.217. The standard InChI is InChI=1S/C6H5BrNO2/c7-6-3-1-2-5(4-9)8(6)10/h1-4,10H/q+1. The number of carbonyl (C=O) groups excluding carboxylic acids is 1. The Bertz CT molecular complexity index is 262. The van der Waals surface area contributed by atoms with Crippen LogP contribution in [0.2, 0.25) is 0 Å². The Morgan fingerprint density at radius 2 is 2.30 bits per heavy atom. The molecule has 0 fully saturated rings. The number of rotatable bonds is 1. The largest absolute Gasteiger partial charge is 0.299 e. The van der Waals surface area contributed by atoms with Gasteiger partial charge in [0.15, 0.2) is 0 Å². The van der Waals surface area contributed by atoms with Gasteiger partial charge in [0.25, 0.3) is 10.3 Å². The van der Waals surface area contributed by atoms with E-state index in [0.29, 0.717) is 10.9 Å². The zero-order chi connectivity index (χ0) is 7.56. The Kier molecular flexibility index (Phi) is 2.01. The maximum atomic E-state index is 10.2. The molecule has 0 atom stereocenters. The van der Waals surface area contributed by atoms with E-state index in [4.69, 9.17) is 5.21 Å². The van der Waals surface area contributed by atoms with Crippen LogP contribution in [0.3, 0.4) is 0 Å². The first-order valence-electron chi connectivity index (χ1n) is 2.60. The van der Waals surface area contributed by atoms with Gasteiger partial charge in [0.1, 0.15) is 0 Å². The molecule has 0 bridgehead atoms. The molecule has 0 aliphatic rings. The van der Waals surface area contributed by atoms with Gasteiger partial charge in [0, 0.05) is 32.8 Å². The molecule has 10 heavy (non-hydrogen) atoms. The van der Waals surface area contributed by atoms with E-state index in [1.54, 1.807) is 12.1 Å². The Morgan fingerprint density at radius 1 is 1.60 bits per heavy atom. The number of hydrogen-bond donors (Lipinski definition) is 1. The predicted octanol–water partition coefficient (Wildman–Crippen LogP) is 0.786. The van der Waals surface area contributed by atoms with Crippen LogP contribution in [0.1, 0.15) is 10.5 Å². The smallest absolute Gasteiger partial charge is 0.291 e. The third-order valence-electron chi connectivity index (χ3n) is 1.07. The highest BCUT2D eigenvalue weighted by molar-refractivity contribution is 9.10. The molecular formula is C6H5BrNO2+. The van der Waals surface area contributed by atoms with E-state index in [1.807, 2.05) is 0 Å². The summed E-state index contributed by atoms with van der Waals surface area (Å²) >= 11 is 3.04. The molecule has 0 saturated heterocycles. The summed E-state index contributed by atoms with van der Waals surface area (Å²) in [6, 6.07) is 4.81. The van der Waals surface area contributed by atoms with Crippen molar-refractivity contribution in [2.75, 3.05) is 0 Å². The monoisotopic (exact) mass is 202 g/mol. The molecule has 1 heterocycles. The molecule has 0 radical (unpaired) electrons. The van der Waals surface area contributed by atoms with Crippen molar-refractivity contribution < 1.29 is 14.7 Å². The highest BCUT2D eigenvalue weighted by atomic mass is 79.9. The van der Waals surface area contributed by atoms with E-state index in [9.17, 15) is 4.79 Å². The summed E-state index contributed by atoms with van der Waals surface area (Å²) in [4.78, 5) is 10.2. The molecule has 1 N–H and O–H groups in total. The molecule has 0 saturated carbocycles. The SMILES string of the molecule is O=Cc1cccc(Br)[n+]1O. The molecule has 0 unspecified atom stereocenters. The van der Waals surface area contributed by atoms with Crippen LogP contribution in [-0.4, -0.2) is 11.5 Å². The number of halogens is 1. The fraction of sp³-hybridized carbons (Fsp3) is 0. The van der Waals surface area contributed by atoms with Crippen LogP contribution >= 0.6 is 15.9 Å². The molecule has 0 spiro atoms.